The van der Waals surface area contributed by atoms with Gasteiger partial charge in [0.05, 0.1) is 0 Å². The van der Waals surface area contributed by atoms with Gasteiger partial charge in [-0.25, -0.2) is 0 Å². The van der Waals surface area contributed by atoms with Crippen molar-refractivity contribution in [1.29, 1.82) is 0 Å². The summed E-state index contributed by atoms with van der Waals surface area (Å²) in [7, 11) is 0. The molecule has 1 saturated carbocycles. The van der Waals surface area contributed by atoms with E-state index in [0.29, 0.717) is 17.4 Å². The van der Waals surface area contributed by atoms with Gasteiger partial charge >= 0.3 is 0 Å². The average molecular weight is 370 g/mol. The fourth-order valence-corrected chi connectivity index (χ4v) is 5.18. The number of piperidine rings is 1. The number of carbonyl (C=O) groups excluding carboxylic acids is 2. The number of hydrogen-bond donors (Lipinski definition) is 2. The summed E-state index contributed by atoms with van der Waals surface area (Å²) in [5.41, 5.74) is 0.689. The van der Waals surface area contributed by atoms with Crippen molar-refractivity contribution in [3.63, 3.8) is 0 Å². The molecule has 2 N–H and O–H groups in total. The molecule has 5 nitrogen and oxygen atoms in total. The molecular formula is C22H31N3O2. The van der Waals surface area contributed by atoms with E-state index < -0.39 is 0 Å². The van der Waals surface area contributed by atoms with E-state index in [2.05, 4.69) is 17.6 Å². The van der Waals surface area contributed by atoms with Crippen molar-refractivity contribution in [1.82, 2.24) is 15.5 Å². The monoisotopic (exact) mass is 369 g/mol. The zero-order valence-corrected chi connectivity index (χ0v) is 16.2. The molecule has 1 aliphatic carbocycles. The first kappa shape index (κ1) is 18.5. The third-order valence-corrected chi connectivity index (χ3v) is 6.80. The number of nitrogens with zero attached hydrogens (tertiary/aromatic N) is 1. The minimum absolute atomic E-state index is 0.0139. The fraction of sp³-hybridized carbons (Fsp3) is 0.636. The second kappa shape index (κ2) is 8.01. The van der Waals surface area contributed by atoms with Crippen LogP contribution in [0, 0.1) is 11.8 Å². The predicted octanol–water partition coefficient (Wildman–Crippen LogP) is 2.57. The smallest absolute Gasteiger partial charge is 0.254 e. The van der Waals surface area contributed by atoms with E-state index in [0.717, 1.165) is 45.2 Å². The molecule has 27 heavy (non-hydrogen) atoms. The molecule has 3 aliphatic rings. The van der Waals surface area contributed by atoms with Gasteiger partial charge < -0.3 is 15.5 Å². The van der Waals surface area contributed by atoms with Crippen molar-refractivity contribution in [3.05, 3.63) is 35.9 Å². The molecule has 5 heteroatoms. The molecule has 0 spiro atoms. The molecule has 5 unspecified atom stereocenters. The highest BCUT2D eigenvalue weighted by molar-refractivity contribution is 5.98. The first-order chi connectivity index (χ1) is 13.1. The van der Waals surface area contributed by atoms with E-state index in [1.807, 2.05) is 35.2 Å². The number of likely N-dealkylation sites (tertiary alicyclic amines) is 1. The molecule has 1 aromatic rings. The predicted molar refractivity (Wildman–Crippen MR) is 105 cm³/mol. The van der Waals surface area contributed by atoms with Gasteiger partial charge in [-0.3, -0.25) is 9.59 Å². The third kappa shape index (κ3) is 3.75. The highest BCUT2D eigenvalue weighted by Gasteiger charge is 2.47. The number of nitrogens with one attached hydrogen (secondary N) is 2. The molecule has 1 aromatic carbocycles. The Bertz CT molecular complexity index is 677. The first-order valence-corrected chi connectivity index (χ1v) is 10.5. The standard InChI is InChI=1S/C22H31N3O2/c1-15-11-12-23-14-18(15)24-21(26)20-13-17-9-5-6-10-19(17)25(20)22(27)16-7-3-2-4-8-16/h2-4,7-8,15,17-20,23H,5-6,9-14H2,1H3,(H,24,26). The zero-order valence-electron chi connectivity index (χ0n) is 16.2. The molecular weight excluding hydrogens is 338 g/mol. The van der Waals surface area contributed by atoms with E-state index in [-0.39, 0.29) is 29.9 Å². The van der Waals surface area contributed by atoms with Crippen molar-refractivity contribution in [2.45, 2.75) is 63.6 Å². The van der Waals surface area contributed by atoms with Crippen LogP contribution in [0.3, 0.4) is 0 Å². The SMILES string of the molecule is CC1CCNCC1NC(=O)C1CC2CCCCC2N1C(=O)c1ccccc1. The van der Waals surface area contributed by atoms with Gasteiger partial charge in [-0.05, 0) is 56.2 Å². The Balaban J connectivity index is 1.55. The van der Waals surface area contributed by atoms with E-state index >= 15 is 0 Å². The summed E-state index contributed by atoms with van der Waals surface area (Å²) in [6.45, 7) is 4.03. The lowest BCUT2D eigenvalue weighted by atomic mass is 9.84. The highest BCUT2D eigenvalue weighted by Crippen LogP contribution is 2.40. The summed E-state index contributed by atoms with van der Waals surface area (Å²) in [6.07, 6.45) is 6.41. The zero-order chi connectivity index (χ0) is 18.8. The van der Waals surface area contributed by atoms with Crippen molar-refractivity contribution in [2.24, 2.45) is 11.8 Å². The molecule has 2 aliphatic heterocycles. The van der Waals surface area contributed by atoms with Gasteiger partial charge in [0.25, 0.3) is 5.91 Å². The topological polar surface area (TPSA) is 61.4 Å². The van der Waals surface area contributed by atoms with Crippen LogP contribution in [0.4, 0.5) is 0 Å². The van der Waals surface area contributed by atoms with Gasteiger partial charge in [-0.1, -0.05) is 38.0 Å². The summed E-state index contributed by atoms with van der Waals surface area (Å²) in [6, 6.07) is 9.47. The Morgan fingerprint density at radius 3 is 2.67 bits per heavy atom. The van der Waals surface area contributed by atoms with Gasteiger partial charge in [0.1, 0.15) is 6.04 Å². The molecule has 0 bridgehead atoms. The molecule has 2 heterocycles. The van der Waals surface area contributed by atoms with Crippen LogP contribution >= 0.6 is 0 Å². The average Bonchev–Trinajstić information content (AvgIpc) is 3.09. The van der Waals surface area contributed by atoms with Crippen LogP contribution in [0.2, 0.25) is 0 Å². The van der Waals surface area contributed by atoms with Crippen molar-refractivity contribution >= 4 is 11.8 Å². The van der Waals surface area contributed by atoms with Gasteiger partial charge in [0.2, 0.25) is 5.91 Å². The Morgan fingerprint density at radius 2 is 1.89 bits per heavy atom. The largest absolute Gasteiger partial charge is 0.350 e. The fourth-order valence-electron chi connectivity index (χ4n) is 5.18. The summed E-state index contributed by atoms with van der Waals surface area (Å²) in [4.78, 5) is 28.4. The number of fused-ring (bicyclic) bond motifs is 1. The van der Waals surface area contributed by atoms with E-state index in [1.54, 1.807) is 0 Å². The summed E-state index contributed by atoms with van der Waals surface area (Å²) in [5.74, 6) is 0.982. The molecule has 2 saturated heterocycles. The lowest BCUT2D eigenvalue weighted by Gasteiger charge is -2.35. The molecule has 5 atom stereocenters. The second-order valence-corrected chi connectivity index (χ2v) is 8.53. The van der Waals surface area contributed by atoms with Crippen LogP contribution in [-0.2, 0) is 4.79 Å². The summed E-state index contributed by atoms with van der Waals surface area (Å²) < 4.78 is 0. The van der Waals surface area contributed by atoms with Gasteiger partial charge in [-0.2, -0.15) is 0 Å². The minimum Gasteiger partial charge on any atom is -0.350 e. The molecule has 0 radical (unpaired) electrons. The molecule has 3 fully saturated rings. The lowest BCUT2D eigenvalue weighted by molar-refractivity contribution is -0.126. The van der Waals surface area contributed by atoms with Crippen molar-refractivity contribution < 1.29 is 9.59 Å². The lowest BCUT2D eigenvalue weighted by Crippen LogP contribution is -2.56. The number of benzene rings is 1. The van der Waals surface area contributed by atoms with E-state index in [9.17, 15) is 9.59 Å². The Hall–Kier alpha value is -1.88. The van der Waals surface area contributed by atoms with Crippen LogP contribution in [0.1, 0.15) is 55.8 Å². The minimum atomic E-state index is -0.333. The highest BCUT2D eigenvalue weighted by atomic mass is 16.2. The second-order valence-electron chi connectivity index (χ2n) is 8.53. The molecule has 2 amide bonds. The number of hydrogen-bond acceptors (Lipinski definition) is 3. The first-order valence-electron chi connectivity index (χ1n) is 10.5. The maximum Gasteiger partial charge on any atom is 0.254 e. The third-order valence-electron chi connectivity index (χ3n) is 6.80. The summed E-state index contributed by atoms with van der Waals surface area (Å²) in [5, 5.41) is 6.64. The van der Waals surface area contributed by atoms with Crippen LogP contribution in [0.5, 0.6) is 0 Å². The Morgan fingerprint density at radius 1 is 1.11 bits per heavy atom. The van der Waals surface area contributed by atoms with Gasteiger partial charge in [-0.15, -0.1) is 0 Å². The Labute approximate surface area is 161 Å². The number of carbonyl (C=O) groups is 2. The van der Waals surface area contributed by atoms with Crippen LogP contribution in [-0.4, -0.2) is 47.9 Å². The molecule has 4 rings (SSSR count). The quantitative estimate of drug-likeness (QED) is 0.861. The summed E-state index contributed by atoms with van der Waals surface area (Å²) >= 11 is 0. The van der Waals surface area contributed by atoms with Gasteiger partial charge in [0, 0.05) is 24.2 Å². The normalized spacial score (nSPS) is 33.4. The van der Waals surface area contributed by atoms with E-state index in [4.69, 9.17) is 0 Å². The van der Waals surface area contributed by atoms with Crippen LogP contribution in [0.25, 0.3) is 0 Å². The number of rotatable bonds is 3. The maximum absolute atomic E-state index is 13.3. The van der Waals surface area contributed by atoms with Crippen molar-refractivity contribution in [2.75, 3.05) is 13.1 Å². The van der Waals surface area contributed by atoms with Crippen LogP contribution < -0.4 is 10.6 Å². The van der Waals surface area contributed by atoms with E-state index in [1.165, 1.54) is 6.42 Å². The van der Waals surface area contributed by atoms with Crippen molar-refractivity contribution in [3.8, 4) is 0 Å². The van der Waals surface area contributed by atoms with Crippen LogP contribution in [0.15, 0.2) is 30.3 Å². The number of amides is 2. The molecule has 0 aromatic heterocycles. The van der Waals surface area contributed by atoms with Gasteiger partial charge in [0.15, 0.2) is 0 Å². The Kier molecular flexibility index (Phi) is 5.48. The maximum atomic E-state index is 13.3. The molecule has 146 valence electrons.